The lowest BCUT2D eigenvalue weighted by Crippen LogP contribution is -2.38. The molecule has 0 N–H and O–H groups in total. The third kappa shape index (κ3) is 4.30. The van der Waals surface area contributed by atoms with Crippen LogP contribution in [0, 0.1) is 0 Å². The van der Waals surface area contributed by atoms with E-state index in [0.29, 0.717) is 11.8 Å². The molecule has 0 saturated carbocycles. The molecule has 0 aliphatic carbocycles. The number of hydrogen-bond acceptors (Lipinski definition) is 2. The van der Waals surface area contributed by atoms with E-state index in [1.165, 1.54) is 0 Å². The van der Waals surface area contributed by atoms with Crippen molar-refractivity contribution >= 4 is 16.9 Å². The SMILES string of the molecule is CCC(=O)SCCC(F)(F)C(C)(F)F. The molecule has 0 spiro atoms. The van der Waals surface area contributed by atoms with Crippen LogP contribution in [-0.4, -0.2) is 22.7 Å². The van der Waals surface area contributed by atoms with Gasteiger partial charge in [-0.2, -0.15) is 8.78 Å². The largest absolute Gasteiger partial charge is 0.310 e. The molecule has 0 aliphatic rings. The molecule has 0 fully saturated rings. The van der Waals surface area contributed by atoms with Crippen LogP contribution < -0.4 is 0 Å². The number of alkyl halides is 4. The topological polar surface area (TPSA) is 17.1 Å². The van der Waals surface area contributed by atoms with Gasteiger partial charge < -0.3 is 0 Å². The van der Waals surface area contributed by atoms with Gasteiger partial charge in [-0.25, -0.2) is 8.78 Å². The number of hydrogen-bond donors (Lipinski definition) is 0. The molecular formula is C8H12F4OS. The van der Waals surface area contributed by atoms with Gasteiger partial charge in [-0.3, -0.25) is 4.79 Å². The molecule has 0 amide bonds. The van der Waals surface area contributed by atoms with Crippen LogP contribution in [0.1, 0.15) is 26.7 Å². The van der Waals surface area contributed by atoms with Crippen LogP contribution in [0.4, 0.5) is 17.6 Å². The minimum atomic E-state index is -4.03. The molecule has 1 nitrogen and oxygen atoms in total. The number of halogens is 4. The Bertz CT molecular complexity index is 200. The average molecular weight is 232 g/mol. The third-order valence-corrected chi connectivity index (χ3v) is 2.63. The van der Waals surface area contributed by atoms with E-state index in [4.69, 9.17) is 0 Å². The van der Waals surface area contributed by atoms with Crippen LogP contribution >= 0.6 is 11.8 Å². The van der Waals surface area contributed by atoms with Gasteiger partial charge in [-0.05, 0) is 0 Å². The second kappa shape index (κ2) is 5.00. The first-order valence-corrected chi connectivity index (χ1v) is 5.10. The van der Waals surface area contributed by atoms with Crippen LogP contribution in [-0.2, 0) is 4.79 Å². The van der Waals surface area contributed by atoms with Crippen molar-refractivity contribution in [3.05, 3.63) is 0 Å². The van der Waals surface area contributed by atoms with Crippen molar-refractivity contribution in [1.82, 2.24) is 0 Å². The first kappa shape index (κ1) is 13.7. The van der Waals surface area contributed by atoms with Gasteiger partial charge in [0.2, 0.25) is 0 Å². The molecule has 0 radical (unpaired) electrons. The molecule has 0 aromatic carbocycles. The lowest BCUT2D eigenvalue weighted by Gasteiger charge is -2.22. The number of rotatable bonds is 5. The molecule has 0 atom stereocenters. The summed E-state index contributed by atoms with van der Waals surface area (Å²) < 4.78 is 49.7. The predicted molar refractivity (Wildman–Crippen MR) is 47.9 cm³/mol. The summed E-state index contributed by atoms with van der Waals surface area (Å²) in [5.41, 5.74) is 0. The Labute approximate surface area is 84.2 Å². The van der Waals surface area contributed by atoms with Gasteiger partial charge in [-0.15, -0.1) is 0 Å². The summed E-state index contributed by atoms with van der Waals surface area (Å²) in [4.78, 5) is 10.7. The molecular weight excluding hydrogens is 220 g/mol. The van der Waals surface area contributed by atoms with Crippen LogP contribution in [0.2, 0.25) is 0 Å². The van der Waals surface area contributed by atoms with Gasteiger partial charge in [0.15, 0.2) is 5.12 Å². The first-order valence-electron chi connectivity index (χ1n) is 4.12. The minimum absolute atomic E-state index is 0.180. The molecule has 0 bridgehead atoms. The summed E-state index contributed by atoms with van der Waals surface area (Å²) in [5, 5.41) is -0.264. The smallest absolute Gasteiger partial charge is 0.287 e. The van der Waals surface area contributed by atoms with Crippen LogP contribution in [0.25, 0.3) is 0 Å². The zero-order chi connectivity index (χ0) is 11.4. The molecule has 14 heavy (non-hydrogen) atoms. The van der Waals surface area contributed by atoms with E-state index >= 15 is 0 Å². The minimum Gasteiger partial charge on any atom is -0.287 e. The van der Waals surface area contributed by atoms with Gasteiger partial charge in [-0.1, -0.05) is 18.7 Å². The molecule has 0 heterocycles. The van der Waals surface area contributed by atoms with E-state index in [-0.39, 0.29) is 24.2 Å². The van der Waals surface area contributed by atoms with E-state index in [1.54, 1.807) is 6.92 Å². The maximum atomic E-state index is 12.6. The summed E-state index contributed by atoms with van der Waals surface area (Å²) in [5.74, 6) is -8.33. The Morgan fingerprint density at radius 3 is 2.14 bits per heavy atom. The highest BCUT2D eigenvalue weighted by Crippen LogP contribution is 2.37. The van der Waals surface area contributed by atoms with Crippen molar-refractivity contribution in [1.29, 1.82) is 0 Å². The van der Waals surface area contributed by atoms with Gasteiger partial charge in [0, 0.05) is 25.5 Å². The molecule has 0 aromatic heterocycles. The standard InChI is InChI=1S/C8H12F4OS/c1-3-6(13)14-5-4-8(11,12)7(2,9)10/h3-5H2,1-2H3. The van der Waals surface area contributed by atoms with Crippen molar-refractivity contribution in [3.63, 3.8) is 0 Å². The Kier molecular flexibility index (Phi) is 4.91. The fraction of sp³-hybridized carbons (Fsp3) is 0.875. The van der Waals surface area contributed by atoms with Crippen molar-refractivity contribution in [2.24, 2.45) is 0 Å². The molecule has 0 aliphatic heterocycles. The summed E-state index contributed by atoms with van der Waals surface area (Å²) in [6, 6.07) is 0. The quantitative estimate of drug-likeness (QED) is 0.676. The van der Waals surface area contributed by atoms with Crippen LogP contribution in [0.15, 0.2) is 0 Å². The van der Waals surface area contributed by atoms with E-state index in [9.17, 15) is 22.4 Å². The van der Waals surface area contributed by atoms with Gasteiger partial charge in [0.05, 0.1) is 0 Å². The molecule has 0 unspecified atom stereocenters. The molecule has 6 heteroatoms. The highest BCUT2D eigenvalue weighted by molar-refractivity contribution is 8.13. The second-order valence-corrected chi connectivity index (χ2v) is 4.07. The first-order chi connectivity index (χ1) is 6.20. The Hall–Kier alpha value is -0.260. The van der Waals surface area contributed by atoms with Gasteiger partial charge >= 0.3 is 11.8 Å². The van der Waals surface area contributed by atoms with Crippen molar-refractivity contribution in [2.75, 3.05) is 5.75 Å². The number of thioether (sulfide) groups is 1. The maximum absolute atomic E-state index is 12.6. The van der Waals surface area contributed by atoms with E-state index < -0.39 is 18.3 Å². The van der Waals surface area contributed by atoms with Crippen LogP contribution in [0.5, 0.6) is 0 Å². The molecule has 0 aromatic rings. The van der Waals surface area contributed by atoms with Gasteiger partial charge in [0.1, 0.15) is 0 Å². The summed E-state index contributed by atoms with van der Waals surface area (Å²) in [6.07, 6.45) is -0.758. The normalized spacial score (nSPS) is 13.0. The summed E-state index contributed by atoms with van der Waals surface area (Å²) in [7, 11) is 0. The maximum Gasteiger partial charge on any atom is 0.310 e. The molecule has 84 valence electrons. The summed E-state index contributed by atoms with van der Waals surface area (Å²) >= 11 is 0.667. The molecule has 0 saturated heterocycles. The summed E-state index contributed by atoms with van der Waals surface area (Å²) in [6.45, 7) is 1.77. The fourth-order valence-corrected chi connectivity index (χ4v) is 1.40. The Morgan fingerprint density at radius 2 is 1.79 bits per heavy atom. The lowest BCUT2D eigenvalue weighted by atomic mass is 10.1. The zero-order valence-electron chi connectivity index (χ0n) is 7.95. The van der Waals surface area contributed by atoms with E-state index in [0.717, 1.165) is 0 Å². The molecule has 0 rings (SSSR count). The number of carbonyl (C=O) groups excluding carboxylic acids is 1. The van der Waals surface area contributed by atoms with Crippen LogP contribution in [0.3, 0.4) is 0 Å². The number of carbonyl (C=O) groups is 1. The van der Waals surface area contributed by atoms with Crippen molar-refractivity contribution in [3.8, 4) is 0 Å². The monoisotopic (exact) mass is 232 g/mol. The Morgan fingerprint density at radius 1 is 1.29 bits per heavy atom. The van der Waals surface area contributed by atoms with Gasteiger partial charge in [0.25, 0.3) is 0 Å². The second-order valence-electron chi connectivity index (χ2n) is 2.92. The predicted octanol–water partition coefficient (Wildman–Crippen LogP) is 3.34. The van der Waals surface area contributed by atoms with E-state index in [1.807, 2.05) is 0 Å². The van der Waals surface area contributed by atoms with Crippen molar-refractivity contribution in [2.45, 2.75) is 38.5 Å². The Balaban J connectivity index is 3.95. The lowest BCUT2D eigenvalue weighted by molar-refractivity contribution is -0.197. The zero-order valence-corrected chi connectivity index (χ0v) is 8.77. The third-order valence-electron chi connectivity index (χ3n) is 1.61. The average Bonchev–Trinajstić information content (AvgIpc) is 2.01. The van der Waals surface area contributed by atoms with E-state index in [2.05, 4.69) is 0 Å². The highest BCUT2D eigenvalue weighted by Gasteiger charge is 2.51. The fourth-order valence-electron chi connectivity index (χ4n) is 0.615. The highest BCUT2D eigenvalue weighted by atomic mass is 32.2. The van der Waals surface area contributed by atoms with Crippen molar-refractivity contribution < 1.29 is 22.4 Å².